The third-order valence-corrected chi connectivity index (χ3v) is 2.86. The van der Waals surface area contributed by atoms with Crippen LogP contribution in [0.1, 0.15) is 53.3 Å². The van der Waals surface area contributed by atoms with E-state index in [0.717, 1.165) is 0 Å². The van der Waals surface area contributed by atoms with E-state index in [1.54, 1.807) is 0 Å². The van der Waals surface area contributed by atoms with Crippen molar-refractivity contribution >= 4 is 0 Å². The smallest absolute Gasteiger partial charge is 0 e. The molecule has 0 aromatic carbocycles. The van der Waals surface area contributed by atoms with Crippen LogP contribution in [0.2, 0.25) is 0 Å². The van der Waals surface area contributed by atoms with Crippen molar-refractivity contribution in [2.75, 3.05) is 33.7 Å². The van der Waals surface area contributed by atoms with Gasteiger partial charge in [-0.15, -0.1) is 0 Å². The Kier molecular flexibility index (Phi) is 11.9. The largest absolute Gasteiger partial charge is 0.320 e. The molecular weight excluding hydrogens is 184 g/mol. The summed E-state index contributed by atoms with van der Waals surface area (Å²) in [4.78, 5) is 2.48. The summed E-state index contributed by atoms with van der Waals surface area (Å²) in [6.07, 6.45) is 9.55. The highest BCUT2D eigenvalue weighted by Gasteiger charge is 1.97. The van der Waals surface area contributed by atoms with E-state index >= 15 is 0 Å². The molecule has 0 spiro atoms. The van der Waals surface area contributed by atoms with Crippen LogP contribution >= 0.6 is 0 Å². The molecule has 0 aliphatic carbocycles. The highest BCUT2D eigenvalue weighted by Crippen LogP contribution is 2.02. The van der Waals surface area contributed by atoms with Gasteiger partial charge in [0.2, 0.25) is 0 Å². The quantitative estimate of drug-likeness (QED) is 0.534. The van der Waals surface area contributed by atoms with Crippen molar-refractivity contribution < 1.29 is 1.43 Å². The highest BCUT2D eigenvalue weighted by atomic mass is 15.1. The number of nitrogens with zero attached hydrogens (tertiary/aromatic N) is 1. The molecule has 0 aliphatic heterocycles. The fourth-order valence-corrected chi connectivity index (χ4v) is 1.78. The SMILES string of the molecule is CCCCCCN(C)CCCCCNC.[HH]. The molecule has 0 saturated heterocycles. The zero-order valence-electron chi connectivity index (χ0n) is 11.0. The molecule has 94 valence electrons. The Labute approximate surface area is 97.9 Å². The van der Waals surface area contributed by atoms with Crippen LogP contribution in [-0.4, -0.2) is 38.6 Å². The van der Waals surface area contributed by atoms with Crippen LogP contribution < -0.4 is 5.32 Å². The second-order valence-corrected chi connectivity index (χ2v) is 4.53. The van der Waals surface area contributed by atoms with Gasteiger partial charge in [0, 0.05) is 1.43 Å². The minimum absolute atomic E-state index is 0. The van der Waals surface area contributed by atoms with E-state index in [1.807, 2.05) is 7.05 Å². The normalized spacial score (nSPS) is 11.2. The summed E-state index contributed by atoms with van der Waals surface area (Å²) in [5, 5.41) is 3.19. The first-order valence-corrected chi connectivity index (χ1v) is 6.64. The lowest BCUT2D eigenvalue weighted by Crippen LogP contribution is -2.21. The predicted molar refractivity (Wildman–Crippen MR) is 71.5 cm³/mol. The van der Waals surface area contributed by atoms with Gasteiger partial charge >= 0.3 is 0 Å². The van der Waals surface area contributed by atoms with Crippen molar-refractivity contribution in [2.45, 2.75) is 51.9 Å². The van der Waals surface area contributed by atoms with E-state index in [2.05, 4.69) is 24.2 Å². The molecule has 0 fully saturated rings. The van der Waals surface area contributed by atoms with Crippen molar-refractivity contribution in [1.82, 2.24) is 10.2 Å². The average molecular weight is 216 g/mol. The van der Waals surface area contributed by atoms with Gasteiger partial charge < -0.3 is 10.2 Å². The number of rotatable bonds is 11. The van der Waals surface area contributed by atoms with Gasteiger partial charge in [0.1, 0.15) is 0 Å². The van der Waals surface area contributed by atoms with Crippen molar-refractivity contribution in [1.29, 1.82) is 0 Å². The molecule has 0 bridgehead atoms. The fraction of sp³-hybridized carbons (Fsp3) is 1.00. The Balaban J connectivity index is 0. The van der Waals surface area contributed by atoms with E-state index in [-0.39, 0.29) is 1.43 Å². The van der Waals surface area contributed by atoms with Crippen LogP contribution in [0.15, 0.2) is 0 Å². The molecule has 2 heteroatoms. The summed E-state index contributed by atoms with van der Waals surface area (Å²) in [6.45, 7) is 5.99. The van der Waals surface area contributed by atoms with E-state index in [1.165, 1.54) is 64.6 Å². The van der Waals surface area contributed by atoms with Gasteiger partial charge in [-0.05, 0) is 53.0 Å². The van der Waals surface area contributed by atoms with E-state index < -0.39 is 0 Å². The van der Waals surface area contributed by atoms with Crippen molar-refractivity contribution in [3.05, 3.63) is 0 Å². The molecule has 0 rings (SSSR count). The molecule has 2 nitrogen and oxygen atoms in total. The maximum atomic E-state index is 3.19. The third-order valence-electron chi connectivity index (χ3n) is 2.86. The van der Waals surface area contributed by atoms with Crippen LogP contribution in [0.3, 0.4) is 0 Å². The maximum Gasteiger partial charge on any atom is 0 e. The summed E-state index contributed by atoms with van der Waals surface area (Å²) >= 11 is 0. The molecule has 0 aromatic rings. The van der Waals surface area contributed by atoms with Gasteiger partial charge in [0.05, 0.1) is 0 Å². The Morgan fingerprint density at radius 2 is 1.53 bits per heavy atom. The molecule has 0 aromatic heterocycles. The van der Waals surface area contributed by atoms with Gasteiger partial charge in [-0.1, -0.05) is 32.6 Å². The van der Waals surface area contributed by atoms with Crippen molar-refractivity contribution in [2.24, 2.45) is 0 Å². The van der Waals surface area contributed by atoms with E-state index in [0.29, 0.717) is 0 Å². The van der Waals surface area contributed by atoms with Crippen molar-refractivity contribution in [3.63, 3.8) is 0 Å². The van der Waals surface area contributed by atoms with Crippen LogP contribution in [0, 0.1) is 0 Å². The minimum atomic E-state index is 0. The molecule has 0 amide bonds. The number of unbranched alkanes of at least 4 members (excludes halogenated alkanes) is 5. The number of nitrogens with one attached hydrogen (secondary N) is 1. The summed E-state index contributed by atoms with van der Waals surface area (Å²) in [5.41, 5.74) is 0. The maximum absolute atomic E-state index is 3.19. The lowest BCUT2D eigenvalue weighted by atomic mass is 10.2. The third kappa shape index (κ3) is 11.8. The average Bonchev–Trinajstić information content (AvgIpc) is 2.24. The second kappa shape index (κ2) is 12.0. The van der Waals surface area contributed by atoms with Crippen molar-refractivity contribution in [3.8, 4) is 0 Å². The van der Waals surface area contributed by atoms with Gasteiger partial charge in [-0.3, -0.25) is 0 Å². The lowest BCUT2D eigenvalue weighted by Gasteiger charge is -2.16. The first kappa shape index (κ1) is 14.9. The van der Waals surface area contributed by atoms with Gasteiger partial charge in [-0.2, -0.15) is 0 Å². The monoisotopic (exact) mass is 216 g/mol. The minimum Gasteiger partial charge on any atom is -0.320 e. The highest BCUT2D eigenvalue weighted by molar-refractivity contribution is 4.53. The summed E-state index contributed by atoms with van der Waals surface area (Å²) < 4.78 is 0. The molecule has 15 heavy (non-hydrogen) atoms. The molecule has 0 heterocycles. The van der Waals surface area contributed by atoms with Gasteiger partial charge in [0.25, 0.3) is 0 Å². The first-order chi connectivity index (χ1) is 7.31. The lowest BCUT2D eigenvalue weighted by molar-refractivity contribution is 0.315. The Morgan fingerprint density at radius 1 is 0.933 bits per heavy atom. The van der Waals surface area contributed by atoms with Crippen LogP contribution in [-0.2, 0) is 0 Å². The molecule has 0 saturated carbocycles. The molecule has 1 N–H and O–H groups in total. The van der Waals surface area contributed by atoms with E-state index in [9.17, 15) is 0 Å². The topological polar surface area (TPSA) is 15.3 Å². The zero-order valence-corrected chi connectivity index (χ0v) is 11.0. The Bertz CT molecular complexity index is 121. The number of hydrogen-bond acceptors (Lipinski definition) is 2. The Hall–Kier alpha value is -0.0800. The van der Waals surface area contributed by atoms with Crippen LogP contribution in [0.4, 0.5) is 0 Å². The molecule has 0 atom stereocenters. The van der Waals surface area contributed by atoms with Crippen LogP contribution in [0.25, 0.3) is 0 Å². The standard InChI is InChI=1S/C13H30N2.H2/c1-4-5-6-9-12-15(3)13-10-7-8-11-14-2;/h14H,4-13H2,1-3H3;1H. The summed E-state index contributed by atoms with van der Waals surface area (Å²) in [7, 11) is 4.28. The first-order valence-electron chi connectivity index (χ1n) is 6.64. The number of hydrogen-bond donors (Lipinski definition) is 1. The second-order valence-electron chi connectivity index (χ2n) is 4.53. The molecular formula is C13H32N2. The molecule has 0 radical (unpaired) electrons. The molecule has 0 unspecified atom stereocenters. The summed E-state index contributed by atoms with van der Waals surface area (Å²) in [5.74, 6) is 0. The van der Waals surface area contributed by atoms with Gasteiger partial charge in [-0.25, -0.2) is 0 Å². The molecule has 0 aliphatic rings. The summed E-state index contributed by atoms with van der Waals surface area (Å²) in [6, 6.07) is 0. The fourth-order valence-electron chi connectivity index (χ4n) is 1.78. The Morgan fingerprint density at radius 3 is 2.07 bits per heavy atom. The van der Waals surface area contributed by atoms with E-state index in [4.69, 9.17) is 0 Å². The zero-order chi connectivity index (χ0) is 11.4. The predicted octanol–water partition coefficient (Wildman–Crippen LogP) is 3.13. The van der Waals surface area contributed by atoms with Crippen LogP contribution in [0.5, 0.6) is 0 Å². The van der Waals surface area contributed by atoms with Gasteiger partial charge in [0.15, 0.2) is 0 Å².